The normalized spacial score (nSPS) is 10.1. The number of nitrogens with zero attached hydrogens (tertiary/aromatic N) is 2. The second kappa shape index (κ2) is 5.51. The van der Waals surface area contributed by atoms with Gasteiger partial charge in [-0.3, -0.25) is 4.98 Å². The first kappa shape index (κ1) is 12.9. The number of anilines is 1. The van der Waals surface area contributed by atoms with Gasteiger partial charge in [0.05, 0.1) is 16.8 Å². The second-order valence-corrected chi connectivity index (χ2v) is 4.50. The van der Waals surface area contributed by atoms with Crippen molar-refractivity contribution in [3.63, 3.8) is 0 Å². The molecular weight excluding hydrogens is 262 g/mol. The van der Waals surface area contributed by atoms with E-state index in [0.717, 1.165) is 22.3 Å². The maximum atomic E-state index is 9.15. The molecule has 0 atom stereocenters. The average Bonchev–Trinajstić information content (AvgIpc) is 2.54. The Balaban J connectivity index is 2.08. The lowest BCUT2D eigenvalue weighted by atomic mass is 10.1. The first-order valence-electron chi connectivity index (χ1n) is 6.55. The minimum atomic E-state index is 0.516. The highest BCUT2D eigenvalue weighted by atomic mass is 16.5. The summed E-state index contributed by atoms with van der Waals surface area (Å²) in [7, 11) is 1.79. The van der Waals surface area contributed by atoms with Crippen LogP contribution in [0.2, 0.25) is 0 Å². The Labute approximate surface area is 122 Å². The van der Waals surface area contributed by atoms with Crippen LogP contribution < -0.4 is 10.1 Å². The number of ether oxygens (including phenoxy) is 1. The molecular formula is C17H13N3O. The number of nitriles is 1. The van der Waals surface area contributed by atoms with Crippen molar-refractivity contribution in [2.45, 2.75) is 0 Å². The Hall–Kier alpha value is -3.06. The van der Waals surface area contributed by atoms with Gasteiger partial charge in [-0.2, -0.15) is 5.26 Å². The lowest BCUT2D eigenvalue weighted by Gasteiger charge is -2.10. The van der Waals surface area contributed by atoms with Crippen LogP contribution in [0.4, 0.5) is 5.69 Å². The standard InChI is InChI=1S/C17H13N3O/c1-19-17-12(10-18)11-20-16-8-7-14(9-15(16)17)21-13-5-3-2-4-6-13/h2-9,11H,1H3,(H,19,20). The van der Waals surface area contributed by atoms with Gasteiger partial charge in [0.1, 0.15) is 17.6 Å². The number of hydrogen-bond donors (Lipinski definition) is 1. The van der Waals surface area contributed by atoms with Gasteiger partial charge in [0.15, 0.2) is 0 Å². The van der Waals surface area contributed by atoms with Gasteiger partial charge in [-0.15, -0.1) is 0 Å². The number of nitrogens with one attached hydrogen (secondary N) is 1. The van der Waals surface area contributed by atoms with Crippen LogP contribution in [0.3, 0.4) is 0 Å². The van der Waals surface area contributed by atoms with Crippen LogP contribution in [0, 0.1) is 11.3 Å². The third-order valence-electron chi connectivity index (χ3n) is 3.19. The van der Waals surface area contributed by atoms with Crippen LogP contribution in [0.5, 0.6) is 11.5 Å². The van der Waals surface area contributed by atoms with E-state index in [1.54, 1.807) is 13.2 Å². The van der Waals surface area contributed by atoms with Crippen molar-refractivity contribution >= 4 is 16.6 Å². The summed E-state index contributed by atoms with van der Waals surface area (Å²) >= 11 is 0. The molecule has 0 amide bonds. The fraction of sp³-hybridized carbons (Fsp3) is 0.0588. The molecule has 1 heterocycles. The van der Waals surface area contributed by atoms with Crippen molar-refractivity contribution in [3.8, 4) is 17.6 Å². The van der Waals surface area contributed by atoms with E-state index < -0.39 is 0 Å². The molecule has 3 aromatic rings. The SMILES string of the molecule is CNc1c(C#N)cnc2ccc(Oc3ccccc3)cc12. The molecule has 0 aliphatic rings. The third kappa shape index (κ3) is 2.49. The fourth-order valence-corrected chi connectivity index (χ4v) is 2.21. The number of rotatable bonds is 3. The van der Waals surface area contributed by atoms with Crippen LogP contribution in [0.25, 0.3) is 10.9 Å². The predicted octanol–water partition coefficient (Wildman–Crippen LogP) is 3.94. The molecule has 0 radical (unpaired) electrons. The fourth-order valence-electron chi connectivity index (χ4n) is 2.21. The minimum Gasteiger partial charge on any atom is -0.457 e. The monoisotopic (exact) mass is 275 g/mol. The summed E-state index contributed by atoms with van der Waals surface area (Å²) < 4.78 is 5.82. The largest absolute Gasteiger partial charge is 0.457 e. The quantitative estimate of drug-likeness (QED) is 0.786. The molecule has 0 aliphatic carbocycles. The van der Waals surface area contributed by atoms with Gasteiger partial charge in [0.2, 0.25) is 0 Å². The summed E-state index contributed by atoms with van der Waals surface area (Å²) in [5.74, 6) is 1.48. The van der Waals surface area contributed by atoms with E-state index in [0.29, 0.717) is 11.3 Å². The van der Waals surface area contributed by atoms with Crippen molar-refractivity contribution in [1.29, 1.82) is 5.26 Å². The topological polar surface area (TPSA) is 57.9 Å². The smallest absolute Gasteiger partial charge is 0.128 e. The van der Waals surface area contributed by atoms with E-state index in [2.05, 4.69) is 16.4 Å². The molecule has 1 aromatic heterocycles. The summed E-state index contributed by atoms with van der Waals surface area (Å²) in [6.45, 7) is 0. The van der Waals surface area contributed by atoms with Crippen LogP contribution in [-0.4, -0.2) is 12.0 Å². The number of aromatic nitrogens is 1. The Bertz CT molecular complexity index is 823. The maximum absolute atomic E-state index is 9.15. The van der Waals surface area contributed by atoms with Gasteiger partial charge in [0.25, 0.3) is 0 Å². The molecule has 0 bridgehead atoms. The summed E-state index contributed by atoms with van der Waals surface area (Å²) in [4.78, 5) is 4.29. The molecule has 3 rings (SSSR count). The van der Waals surface area contributed by atoms with Gasteiger partial charge in [-0.1, -0.05) is 18.2 Å². The number of pyridine rings is 1. The number of hydrogen-bond acceptors (Lipinski definition) is 4. The lowest BCUT2D eigenvalue weighted by Crippen LogP contribution is -1.96. The molecule has 0 unspecified atom stereocenters. The van der Waals surface area contributed by atoms with Gasteiger partial charge < -0.3 is 10.1 Å². The van der Waals surface area contributed by atoms with Crippen molar-refractivity contribution < 1.29 is 4.74 Å². The van der Waals surface area contributed by atoms with E-state index >= 15 is 0 Å². The summed E-state index contributed by atoms with van der Waals surface area (Å²) in [6, 6.07) is 17.4. The van der Waals surface area contributed by atoms with Crippen LogP contribution in [-0.2, 0) is 0 Å². The maximum Gasteiger partial charge on any atom is 0.128 e. The number of para-hydroxylation sites is 1. The molecule has 4 nitrogen and oxygen atoms in total. The van der Waals surface area contributed by atoms with E-state index in [9.17, 15) is 0 Å². The highest BCUT2D eigenvalue weighted by molar-refractivity contribution is 5.94. The summed E-state index contributed by atoms with van der Waals surface area (Å²) in [5.41, 5.74) is 2.10. The first-order valence-corrected chi connectivity index (χ1v) is 6.55. The first-order chi connectivity index (χ1) is 10.3. The zero-order chi connectivity index (χ0) is 14.7. The second-order valence-electron chi connectivity index (χ2n) is 4.50. The van der Waals surface area contributed by atoms with Crippen molar-refractivity contribution in [2.75, 3.05) is 12.4 Å². The highest BCUT2D eigenvalue weighted by Gasteiger charge is 2.08. The third-order valence-corrected chi connectivity index (χ3v) is 3.19. The van der Waals surface area contributed by atoms with Gasteiger partial charge in [-0.05, 0) is 30.3 Å². The molecule has 102 valence electrons. The van der Waals surface area contributed by atoms with Gasteiger partial charge >= 0.3 is 0 Å². The molecule has 0 fully saturated rings. The Morgan fingerprint density at radius 1 is 1.10 bits per heavy atom. The number of fused-ring (bicyclic) bond motifs is 1. The van der Waals surface area contributed by atoms with Crippen LogP contribution in [0.1, 0.15) is 5.56 Å². The van der Waals surface area contributed by atoms with Crippen LogP contribution in [0.15, 0.2) is 54.7 Å². The zero-order valence-electron chi connectivity index (χ0n) is 11.5. The molecule has 0 saturated carbocycles. The Morgan fingerprint density at radius 3 is 2.62 bits per heavy atom. The molecule has 0 spiro atoms. The highest BCUT2D eigenvalue weighted by Crippen LogP contribution is 2.30. The molecule has 1 N–H and O–H groups in total. The molecule has 0 saturated heterocycles. The summed E-state index contributed by atoms with van der Waals surface area (Å²) in [6.07, 6.45) is 1.58. The van der Waals surface area contributed by atoms with E-state index in [4.69, 9.17) is 10.00 Å². The van der Waals surface area contributed by atoms with Crippen LogP contribution >= 0.6 is 0 Å². The Morgan fingerprint density at radius 2 is 1.90 bits per heavy atom. The van der Waals surface area contributed by atoms with E-state index in [-0.39, 0.29) is 0 Å². The van der Waals surface area contributed by atoms with E-state index in [1.165, 1.54) is 0 Å². The molecule has 2 aromatic carbocycles. The molecule has 0 aliphatic heterocycles. The van der Waals surface area contributed by atoms with Gasteiger partial charge in [-0.25, -0.2) is 0 Å². The molecule has 21 heavy (non-hydrogen) atoms. The lowest BCUT2D eigenvalue weighted by molar-refractivity contribution is 0.483. The summed E-state index contributed by atoms with van der Waals surface area (Å²) in [5, 5.41) is 13.1. The van der Waals surface area contributed by atoms with E-state index in [1.807, 2.05) is 48.5 Å². The van der Waals surface area contributed by atoms with Gasteiger partial charge in [0, 0.05) is 18.6 Å². The Kier molecular flexibility index (Phi) is 3.40. The molecule has 4 heteroatoms. The van der Waals surface area contributed by atoms with Crippen molar-refractivity contribution in [1.82, 2.24) is 4.98 Å². The number of benzene rings is 2. The zero-order valence-corrected chi connectivity index (χ0v) is 11.5. The average molecular weight is 275 g/mol. The predicted molar refractivity (Wildman–Crippen MR) is 82.5 cm³/mol. The van der Waals surface area contributed by atoms with Crippen molar-refractivity contribution in [3.05, 3.63) is 60.3 Å². The van der Waals surface area contributed by atoms with Crippen molar-refractivity contribution in [2.24, 2.45) is 0 Å². The minimum absolute atomic E-state index is 0.516.